The van der Waals surface area contributed by atoms with Crippen LogP contribution >= 0.6 is 0 Å². The molecule has 25 heavy (non-hydrogen) atoms. The largest absolute Gasteiger partial charge is 0.491 e. The van der Waals surface area contributed by atoms with Crippen LogP contribution in [0.25, 0.3) is 0 Å². The molecule has 2 heterocycles. The van der Waals surface area contributed by atoms with Crippen molar-refractivity contribution in [1.82, 2.24) is 14.7 Å². The summed E-state index contributed by atoms with van der Waals surface area (Å²) in [5.41, 5.74) is 2.23. The lowest BCUT2D eigenvalue weighted by molar-refractivity contribution is -0.0517. The van der Waals surface area contributed by atoms with Crippen molar-refractivity contribution in [3.8, 4) is 5.75 Å². The van der Waals surface area contributed by atoms with E-state index in [0.717, 1.165) is 36.5 Å². The summed E-state index contributed by atoms with van der Waals surface area (Å²) in [5, 5.41) is 14.6. The highest BCUT2D eigenvalue weighted by Crippen LogP contribution is 2.16. The number of aromatic nitrogens is 2. The Labute approximate surface area is 149 Å². The Morgan fingerprint density at radius 1 is 1.36 bits per heavy atom. The first-order valence-electron chi connectivity index (χ1n) is 8.79. The third-order valence-electron chi connectivity index (χ3n) is 4.37. The molecule has 1 aromatic carbocycles. The van der Waals surface area contributed by atoms with Gasteiger partial charge in [0.1, 0.15) is 18.5 Å². The van der Waals surface area contributed by atoms with Crippen LogP contribution in [0.5, 0.6) is 5.75 Å². The van der Waals surface area contributed by atoms with E-state index >= 15 is 0 Å². The van der Waals surface area contributed by atoms with Gasteiger partial charge in [-0.2, -0.15) is 5.10 Å². The Hall–Kier alpha value is -1.89. The van der Waals surface area contributed by atoms with Crippen LogP contribution in [-0.2, 0) is 11.3 Å². The number of hydrogen-bond donors (Lipinski definition) is 1. The number of aliphatic hydroxyl groups excluding tert-OH is 1. The first kappa shape index (κ1) is 17.9. The number of para-hydroxylation sites is 1. The predicted octanol–water partition coefficient (Wildman–Crippen LogP) is 1.64. The van der Waals surface area contributed by atoms with Crippen molar-refractivity contribution >= 4 is 0 Å². The molecule has 2 atom stereocenters. The van der Waals surface area contributed by atoms with Gasteiger partial charge < -0.3 is 14.6 Å². The Morgan fingerprint density at radius 3 is 2.96 bits per heavy atom. The lowest BCUT2D eigenvalue weighted by Crippen LogP contribution is -2.47. The fraction of sp³-hybridized carbons (Fsp3) is 0.526. The van der Waals surface area contributed by atoms with Crippen LogP contribution in [-0.4, -0.2) is 64.8 Å². The second-order valence-electron chi connectivity index (χ2n) is 6.72. The standard InChI is InChI=1S/C19H27N3O3/c1-15-9-20-22(10-15)13-18-12-21(7-8-24-18)11-17(23)14-25-19-6-4-3-5-16(19)2/h3-6,9-10,17-18,23H,7-8,11-14H2,1-2H3/t17-,18-/m0/s1. The minimum atomic E-state index is -0.523. The summed E-state index contributed by atoms with van der Waals surface area (Å²) >= 11 is 0. The molecule has 0 spiro atoms. The second kappa shape index (κ2) is 8.47. The highest BCUT2D eigenvalue weighted by atomic mass is 16.5. The molecule has 0 radical (unpaired) electrons. The van der Waals surface area contributed by atoms with Crippen molar-refractivity contribution in [2.24, 2.45) is 0 Å². The van der Waals surface area contributed by atoms with Gasteiger partial charge in [-0.1, -0.05) is 18.2 Å². The molecule has 2 aromatic rings. The van der Waals surface area contributed by atoms with E-state index in [1.807, 2.05) is 55.2 Å². The number of aliphatic hydroxyl groups is 1. The molecule has 0 unspecified atom stereocenters. The molecule has 1 aliphatic rings. The average molecular weight is 345 g/mol. The van der Waals surface area contributed by atoms with E-state index in [1.165, 1.54) is 0 Å². The van der Waals surface area contributed by atoms with E-state index in [4.69, 9.17) is 9.47 Å². The van der Waals surface area contributed by atoms with E-state index in [-0.39, 0.29) is 6.10 Å². The van der Waals surface area contributed by atoms with Gasteiger partial charge >= 0.3 is 0 Å². The molecule has 6 heteroatoms. The first-order chi connectivity index (χ1) is 12.1. The third kappa shape index (κ3) is 5.29. The van der Waals surface area contributed by atoms with Crippen LogP contribution in [0.3, 0.4) is 0 Å². The number of hydrogen-bond acceptors (Lipinski definition) is 5. The first-order valence-corrected chi connectivity index (χ1v) is 8.79. The normalized spacial score (nSPS) is 19.7. The summed E-state index contributed by atoms with van der Waals surface area (Å²) in [6.45, 7) is 7.95. The van der Waals surface area contributed by atoms with Gasteiger partial charge in [0.25, 0.3) is 0 Å². The lowest BCUT2D eigenvalue weighted by Gasteiger charge is -2.34. The zero-order valence-electron chi connectivity index (χ0n) is 15.0. The second-order valence-corrected chi connectivity index (χ2v) is 6.72. The molecule has 0 aliphatic carbocycles. The van der Waals surface area contributed by atoms with Gasteiger partial charge in [0.2, 0.25) is 0 Å². The van der Waals surface area contributed by atoms with Crippen LogP contribution in [0.4, 0.5) is 0 Å². The van der Waals surface area contributed by atoms with E-state index < -0.39 is 6.10 Å². The number of nitrogens with zero attached hydrogens (tertiary/aromatic N) is 3. The fourth-order valence-corrected chi connectivity index (χ4v) is 3.09. The molecule has 1 N–H and O–H groups in total. The zero-order valence-corrected chi connectivity index (χ0v) is 15.0. The monoisotopic (exact) mass is 345 g/mol. The summed E-state index contributed by atoms with van der Waals surface area (Å²) in [4.78, 5) is 2.23. The highest BCUT2D eigenvalue weighted by Gasteiger charge is 2.23. The molecule has 136 valence electrons. The number of ether oxygens (including phenoxy) is 2. The van der Waals surface area contributed by atoms with Gasteiger partial charge in [-0.15, -0.1) is 0 Å². The highest BCUT2D eigenvalue weighted by molar-refractivity contribution is 5.31. The molecular weight excluding hydrogens is 318 g/mol. The predicted molar refractivity (Wildman–Crippen MR) is 95.8 cm³/mol. The topological polar surface area (TPSA) is 59.8 Å². The van der Waals surface area contributed by atoms with E-state index in [9.17, 15) is 5.11 Å². The minimum Gasteiger partial charge on any atom is -0.491 e. The maximum Gasteiger partial charge on any atom is 0.122 e. The van der Waals surface area contributed by atoms with Gasteiger partial charge in [-0.05, 0) is 31.0 Å². The fourth-order valence-electron chi connectivity index (χ4n) is 3.09. The lowest BCUT2D eigenvalue weighted by atomic mass is 10.2. The van der Waals surface area contributed by atoms with Gasteiger partial charge in [0.15, 0.2) is 0 Å². The number of benzene rings is 1. The Morgan fingerprint density at radius 2 is 2.20 bits per heavy atom. The van der Waals surface area contributed by atoms with Crippen molar-refractivity contribution < 1.29 is 14.6 Å². The molecule has 1 aromatic heterocycles. The van der Waals surface area contributed by atoms with Gasteiger partial charge in [0.05, 0.1) is 25.5 Å². The maximum atomic E-state index is 10.3. The quantitative estimate of drug-likeness (QED) is 0.827. The Bertz CT molecular complexity index is 673. The molecule has 0 amide bonds. The van der Waals surface area contributed by atoms with Crippen molar-refractivity contribution in [1.29, 1.82) is 0 Å². The molecule has 0 bridgehead atoms. The molecule has 0 saturated carbocycles. The maximum absolute atomic E-state index is 10.3. The smallest absolute Gasteiger partial charge is 0.122 e. The van der Waals surface area contributed by atoms with Gasteiger partial charge in [0, 0.05) is 25.8 Å². The van der Waals surface area contributed by atoms with Gasteiger partial charge in [-0.25, -0.2) is 0 Å². The molecule has 1 aliphatic heterocycles. The number of β-amino-alcohol motifs (C(OH)–C–C–N with tert-alkyl or cyclic N) is 1. The van der Waals surface area contributed by atoms with E-state index in [2.05, 4.69) is 10.00 Å². The SMILES string of the molecule is Cc1cnn(C[C@@H]2CN(C[C@H](O)COc3ccccc3C)CCO2)c1. The molecule has 6 nitrogen and oxygen atoms in total. The number of morpholine rings is 1. The third-order valence-corrected chi connectivity index (χ3v) is 4.37. The van der Waals surface area contributed by atoms with Crippen LogP contribution in [0.1, 0.15) is 11.1 Å². The van der Waals surface area contributed by atoms with Crippen molar-refractivity contribution in [2.75, 3.05) is 32.8 Å². The average Bonchev–Trinajstić information content (AvgIpc) is 2.99. The van der Waals surface area contributed by atoms with Crippen LogP contribution in [0.2, 0.25) is 0 Å². The van der Waals surface area contributed by atoms with Crippen LogP contribution < -0.4 is 4.74 Å². The summed E-state index contributed by atoms with van der Waals surface area (Å²) in [7, 11) is 0. The van der Waals surface area contributed by atoms with E-state index in [0.29, 0.717) is 19.8 Å². The number of aryl methyl sites for hydroxylation is 2. The van der Waals surface area contributed by atoms with Crippen LogP contribution in [0, 0.1) is 13.8 Å². The summed E-state index contributed by atoms with van der Waals surface area (Å²) in [6, 6.07) is 7.86. The molecule has 1 fully saturated rings. The van der Waals surface area contributed by atoms with Crippen molar-refractivity contribution in [3.05, 3.63) is 47.8 Å². The van der Waals surface area contributed by atoms with Gasteiger partial charge in [-0.3, -0.25) is 9.58 Å². The molecule has 3 rings (SSSR count). The van der Waals surface area contributed by atoms with E-state index in [1.54, 1.807) is 0 Å². The Balaban J connectivity index is 1.44. The van der Waals surface area contributed by atoms with Crippen LogP contribution in [0.15, 0.2) is 36.7 Å². The zero-order chi connectivity index (χ0) is 17.6. The number of rotatable bonds is 7. The van der Waals surface area contributed by atoms with Crippen molar-refractivity contribution in [2.45, 2.75) is 32.6 Å². The summed E-state index contributed by atoms with van der Waals surface area (Å²) < 4.78 is 13.5. The summed E-state index contributed by atoms with van der Waals surface area (Å²) in [5.74, 6) is 0.829. The molecular formula is C19H27N3O3. The molecule has 1 saturated heterocycles. The van der Waals surface area contributed by atoms with Crippen molar-refractivity contribution in [3.63, 3.8) is 0 Å². The minimum absolute atomic E-state index is 0.0949. The summed E-state index contributed by atoms with van der Waals surface area (Å²) in [6.07, 6.45) is 3.45. The Kier molecular flexibility index (Phi) is 6.07.